The van der Waals surface area contributed by atoms with E-state index in [0.717, 1.165) is 25.0 Å². The lowest BCUT2D eigenvalue weighted by Crippen LogP contribution is -2.32. The number of rotatable bonds is 11. The number of hydrogen-bond acceptors (Lipinski definition) is 6. The van der Waals surface area contributed by atoms with Gasteiger partial charge >= 0.3 is 11.9 Å². The van der Waals surface area contributed by atoms with E-state index in [-0.39, 0.29) is 36.7 Å². The Morgan fingerprint density at radius 2 is 1.74 bits per heavy atom. The summed E-state index contributed by atoms with van der Waals surface area (Å²) < 4.78 is 23.8. The molecule has 186 valence electrons. The second-order valence-electron chi connectivity index (χ2n) is 8.22. The van der Waals surface area contributed by atoms with Crippen LogP contribution >= 0.6 is 11.6 Å². The van der Waals surface area contributed by atoms with Crippen LogP contribution in [0.3, 0.4) is 0 Å². The molecule has 1 saturated heterocycles. The molecule has 1 amide bonds. The number of benzene rings is 2. The van der Waals surface area contributed by atoms with Gasteiger partial charge in [0.15, 0.2) is 6.10 Å². The highest BCUT2D eigenvalue weighted by Crippen LogP contribution is 2.27. The molecule has 2 atom stereocenters. The summed E-state index contributed by atoms with van der Waals surface area (Å²) in [5.74, 6) is -3.05. The smallest absolute Gasteiger partial charge is 0.338 e. The minimum atomic E-state index is -1.13. The number of carbonyl (C=O) groups excluding carboxylic acids is 4. The van der Waals surface area contributed by atoms with Gasteiger partial charge in [0.2, 0.25) is 11.7 Å². The van der Waals surface area contributed by atoms with Gasteiger partial charge < -0.3 is 14.4 Å². The Kier molecular flexibility index (Phi) is 9.37. The molecule has 3 rings (SSSR count). The lowest BCUT2D eigenvalue weighted by atomic mass is 10.0. The summed E-state index contributed by atoms with van der Waals surface area (Å²) in [5.41, 5.74) is 1.11. The van der Waals surface area contributed by atoms with Crippen LogP contribution in [0.4, 0.5) is 10.1 Å². The fraction of sp³-hybridized carbons (Fsp3) is 0.385. The highest BCUT2D eigenvalue weighted by atomic mass is 35.5. The number of Topliss-reactive ketones (excluding diaryl/α,β-unsaturated/α-hetero) is 1. The Hall–Kier alpha value is -3.26. The summed E-state index contributed by atoms with van der Waals surface area (Å²) in [6, 6.07) is 11.3. The van der Waals surface area contributed by atoms with Crippen molar-refractivity contribution in [3.63, 3.8) is 0 Å². The summed E-state index contributed by atoms with van der Waals surface area (Å²) >= 11 is 5.79. The monoisotopic (exact) mass is 503 g/mol. The van der Waals surface area contributed by atoms with Crippen molar-refractivity contribution in [2.24, 2.45) is 5.92 Å². The number of unbranched alkanes of at least 4 members (excludes halogenated alkanes) is 1. The molecule has 0 aromatic heterocycles. The number of ether oxygens (including phenoxy) is 2. The van der Waals surface area contributed by atoms with Crippen molar-refractivity contribution < 1.29 is 33.0 Å². The van der Waals surface area contributed by atoms with Gasteiger partial charge in [-0.25, -0.2) is 9.18 Å². The molecule has 1 aliphatic heterocycles. The summed E-state index contributed by atoms with van der Waals surface area (Å²) in [6.07, 6.45) is 0.583. The Labute approximate surface area is 208 Å². The van der Waals surface area contributed by atoms with Gasteiger partial charge in [0.25, 0.3) is 0 Å². The average Bonchev–Trinajstić information content (AvgIpc) is 3.25. The fourth-order valence-electron chi connectivity index (χ4n) is 3.66. The lowest BCUT2D eigenvalue weighted by molar-refractivity contribution is -0.151. The van der Waals surface area contributed by atoms with E-state index in [4.69, 9.17) is 21.1 Å². The zero-order valence-electron chi connectivity index (χ0n) is 19.4. The standard InChI is InChI=1S/C26H27ClFNO6/c1-2-3-14-34-25(32)18-6-10-21(11-7-18)29-16-19(15-23(29)30)26(33)35-22(12-13-27)24(31)17-4-8-20(28)9-5-17/h4-11,19,22H,2-3,12-16H2,1H3/t19-,22-/m1/s1. The second kappa shape index (κ2) is 12.4. The maximum absolute atomic E-state index is 13.2. The van der Waals surface area contributed by atoms with Crippen LogP contribution in [0.25, 0.3) is 0 Å². The molecular formula is C26H27ClFNO6. The zero-order chi connectivity index (χ0) is 25.4. The summed E-state index contributed by atoms with van der Waals surface area (Å²) in [5, 5.41) is 0. The SMILES string of the molecule is CCCCOC(=O)c1ccc(N2C[C@H](C(=O)O[C@H](CCCl)C(=O)c3ccc(F)cc3)CC2=O)cc1. The molecule has 0 spiro atoms. The van der Waals surface area contributed by atoms with Crippen molar-refractivity contribution in [2.45, 2.75) is 38.7 Å². The van der Waals surface area contributed by atoms with Crippen LogP contribution in [0.1, 0.15) is 53.3 Å². The second-order valence-corrected chi connectivity index (χ2v) is 8.59. The van der Waals surface area contributed by atoms with Crippen molar-refractivity contribution in [2.75, 3.05) is 23.9 Å². The Balaban J connectivity index is 1.62. The van der Waals surface area contributed by atoms with E-state index in [1.165, 1.54) is 17.0 Å². The molecule has 0 N–H and O–H groups in total. The number of halogens is 2. The molecule has 2 aromatic rings. The molecule has 0 bridgehead atoms. The van der Waals surface area contributed by atoms with Crippen LogP contribution in [0.2, 0.25) is 0 Å². The number of amides is 1. The third kappa shape index (κ3) is 6.88. The predicted octanol–water partition coefficient (Wildman–Crippen LogP) is 4.56. The van der Waals surface area contributed by atoms with Gasteiger partial charge in [0.05, 0.1) is 18.1 Å². The molecule has 9 heteroatoms. The van der Waals surface area contributed by atoms with Crippen molar-refractivity contribution in [3.05, 3.63) is 65.5 Å². The maximum atomic E-state index is 13.2. The largest absolute Gasteiger partial charge is 0.462 e. The number of esters is 2. The van der Waals surface area contributed by atoms with Crippen LogP contribution in [0.5, 0.6) is 0 Å². The van der Waals surface area contributed by atoms with Crippen molar-refractivity contribution in [1.29, 1.82) is 0 Å². The third-order valence-electron chi connectivity index (χ3n) is 5.65. The molecule has 0 radical (unpaired) electrons. The van der Waals surface area contributed by atoms with Gasteiger partial charge in [-0.2, -0.15) is 0 Å². The molecule has 1 aliphatic rings. The summed E-state index contributed by atoms with van der Waals surface area (Å²) in [4.78, 5) is 51.6. The molecule has 0 aliphatic carbocycles. The molecule has 1 heterocycles. The summed E-state index contributed by atoms with van der Waals surface area (Å²) in [6.45, 7) is 2.43. The van der Waals surface area contributed by atoms with Gasteiger partial charge in [-0.3, -0.25) is 14.4 Å². The molecule has 35 heavy (non-hydrogen) atoms. The number of alkyl halides is 1. The number of ketones is 1. The van der Waals surface area contributed by atoms with Crippen molar-refractivity contribution >= 4 is 40.9 Å². The molecule has 0 saturated carbocycles. The van der Waals surface area contributed by atoms with E-state index in [1.54, 1.807) is 24.3 Å². The first-order valence-corrected chi connectivity index (χ1v) is 12.0. The quantitative estimate of drug-likeness (QED) is 0.193. The van der Waals surface area contributed by atoms with Crippen molar-refractivity contribution in [1.82, 2.24) is 0 Å². The molecule has 1 fully saturated rings. The van der Waals surface area contributed by atoms with E-state index in [9.17, 15) is 23.6 Å². The first-order chi connectivity index (χ1) is 16.8. The number of anilines is 1. The number of hydrogen-bond donors (Lipinski definition) is 0. The zero-order valence-corrected chi connectivity index (χ0v) is 20.1. The van der Waals surface area contributed by atoms with Gasteiger partial charge in [0.1, 0.15) is 5.82 Å². The van der Waals surface area contributed by atoms with Crippen molar-refractivity contribution in [3.8, 4) is 0 Å². The normalized spacial score (nSPS) is 16.1. The predicted molar refractivity (Wildman–Crippen MR) is 128 cm³/mol. The first kappa shape index (κ1) is 26.3. The minimum absolute atomic E-state index is 0.0715. The van der Waals surface area contributed by atoms with Crippen LogP contribution < -0.4 is 4.90 Å². The minimum Gasteiger partial charge on any atom is -0.462 e. The first-order valence-electron chi connectivity index (χ1n) is 11.5. The van der Waals surface area contributed by atoms with E-state index in [2.05, 4.69) is 0 Å². The molecule has 7 nitrogen and oxygen atoms in total. The van der Waals surface area contributed by atoms with Gasteiger partial charge in [-0.1, -0.05) is 13.3 Å². The fourth-order valence-corrected chi connectivity index (χ4v) is 3.86. The molecule has 2 aromatic carbocycles. The highest BCUT2D eigenvalue weighted by molar-refractivity contribution is 6.18. The topological polar surface area (TPSA) is 90.0 Å². The molecule has 0 unspecified atom stereocenters. The van der Waals surface area contributed by atoms with E-state index in [0.29, 0.717) is 17.9 Å². The van der Waals surface area contributed by atoms with E-state index >= 15 is 0 Å². The Bertz CT molecular complexity index is 1060. The highest BCUT2D eigenvalue weighted by Gasteiger charge is 2.38. The van der Waals surface area contributed by atoms with Crippen LogP contribution in [-0.2, 0) is 19.1 Å². The maximum Gasteiger partial charge on any atom is 0.338 e. The average molecular weight is 504 g/mol. The lowest BCUT2D eigenvalue weighted by Gasteiger charge is -2.19. The molecular weight excluding hydrogens is 477 g/mol. The summed E-state index contributed by atoms with van der Waals surface area (Å²) in [7, 11) is 0. The van der Waals surface area contributed by atoms with Crippen LogP contribution in [0, 0.1) is 11.7 Å². The van der Waals surface area contributed by atoms with Gasteiger partial charge in [-0.15, -0.1) is 11.6 Å². The Morgan fingerprint density at radius 1 is 1.09 bits per heavy atom. The number of carbonyl (C=O) groups is 4. The third-order valence-corrected chi connectivity index (χ3v) is 5.87. The van der Waals surface area contributed by atoms with E-state index < -0.39 is 35.6 Å². The van der Waals surface area contributed by atoms with Crippen LogP contribution in [0.15, 0.2) is 48.5 Å². The van der Waals surface area contributed by atoms with E-state index in [1.807, 2.05) is 6.92 Å². The van der Waals surface area contributed by atoms with Crippen LogP contribution in [-0.4, -0.2) is 48.8 Å². The number of nitrogens with zero attached hydrogens (tertiary/aromatic N) is 1. The Morgan fingerprint density at radius 3 is 2.37 bits per heavy atom. The van der Waals surface area contributed by atoms with Gasteiger partial charge in [0, 0.05) is 36.5 Å². The van der Waals surface area contributed by atoms with Gasteiger partial charge in [-0.05, 0) is 55.0 Å².